The van der Waals surface area contributed by atoms with Gasteiger partial charge in [0.1, 0.15) is 5.75 Å². The molecule has 0 fully saturated rings. The number of pyridine rings is 2. The standard InChI is InChI=1S/C21H18BrN3O/c1-12-7-14-3-4-15(25-21(14)18(22)8-12)11-23-19-9-13(2)24-20-10-16(26)5-6-17(19)20/h3-10,26H,11H2,1-2H3,(H,23,24). The summed E-state index contributed by atoms with van der Waals surface area (Å²) < 4.78 is 1.01. The highest BCUT2D eigenvalue weighted by Gasteiger charge is 2.07. The van der Waals surface area contributed by atoms with Crippen molar-refractivity contribution in [2.24, 2.45) is 0 Å². The maximum Gasteiger partial charge on any atom is 0.117 e. The maximum absolute atomic E-state index is 9.69. The zero-order valence-electron chi connectivity index (χ0n) is 14.5. The number of anilines is 1. The average Bonchev–Trinajstić information content (AvgIpc) is 2.59. The van der Waals surface area contributed by atoms with Crippen LogP contribution in [0.5, 0.6) is 5.75 Å². The topological polar surface area (TPSA) is 58.0 Å². The highest BCUT2D eigenvalue weighted by molar-refractivity contribution is 9.10. The van der Waals surface area contributed by atoms with Crippen LogP contribution in [0.1, 0.15) is 17.0 Å². The molecule has 0 amide bonds. The Morgan fingerprint density at radius 1 is 1.00 bits per heavy atom. The van der Waals surface area contributed by atoms with Crippen molar-refractivity contribution in [1.82, 2.24) is 9.97 Å². The smallest absolute Gasteiger partial charge is 0.117 e. The van der Waals surface area contributed by atoms with Crippen molar-refractivity contribution in [3.05, 3.63) is 70.0 Å². The van der Waals surface area contributed by atoms with Gasteiger partial charge in [0.2, 0.25) is 0 Å². The lowest BCUT2D eigenvalue weighted by Crippen LogP contribution is -2.03. The summed E-state index contributed by atoms with van der Waals surface area (Å²) in [7, 11) is 0. The van der Waals surface area contributed by atoms with E-state index in [-0.39, 0.29) is 5.75 Å². The van der Waals surface area contributed by atoms with E-state index in [9.17, 15) is 5.11 Å². The second kappa shape index (κ2) is 6.57. The van der Waals surface area contributed by atoms with Gasteiger partial charge in [-0.2, -0.15) is 0 Å². The molecule has 0 aliphatic heterocycles. The second-order valence-corrected chi connectivity index (χ2v) is 7.34. The Kier molecular flexibility index (Phi) is 4.24. The van der Waals surface area contributed by atoms with E-state index in [1.165, 1.54) is 5.56 Å². The fraction of sp³-hybridized carbons (Fsp3) is 0.143. The van der Waals surface area contributed by atoms with Gasteiger partial charge in [0.05, 0.1) is 23.3 Å². The van der Waals surface area contributed by atoms with Crippen LogP contribution in [0.2, 0.25) is 0 Å². The summed E-state index contributed by atoms with van der Waals surface area (Å²) in [5, 5.41) is 15.3. The molecule has 2 aromatic carbocycles. The van der Waals surface area contributed by atoms with Gasteiger partial charge < -0.3 is 10.4 Å². The Morgan fingerprint density at radius 3 is 2.69 bits per heavy atom. The number of rotatable bonds is 3. The number of phenols is 1. The van der Waals surface area contributed by atoms with Crippen LogP contribution in [0.4, 0.5) is 5.69 Å². The van der Waals surface area contributed by atoms with Crippen LogP contribution in [-0.2, 0) is 6.54 Å². The predicted octanol–water partition coefficient (Wildman–Crippen LogP) is 5.48. The molecule has 0 atom stereocenters. The molecule has 130 valence electrons. The lowest BCUT2D eigenvalue weighted by Gasteiger charge is -2.12. The van der Waals surface area contributed by atoms with Crippen molar-refractivity contribution in [2.45, 2.75) is 20.4 Å². The molecule has 0 aliphatic rings. The molecule has 4 rings (SSSR count). The summed E-state index contributed by atoms with van der Waals surface area (Å²) in [5.41, 5.74) is 5.79. The highest BCUT2D eigenvalue weighted by atomic mass is 79.9. The number of nitrogens with zero attached hydrogens (tertiary/aromatic N) is 2. The normalized spacial score (nSPS) is 11.2. The summed E-state index contributed by atoms with van der Waals surface area (Å²) in [5.74, 6) is 0.220. The molecule has 2 aromatic heterocycles. The number of hydrogen-bond donors (Lipinski definition) is 2. The minimum Gasteiger partial charge on any atom is -0.508 e. The molecule has 0 radical (unpaired) electrons. The first-order valence-electron chi connectivity index (χ1n) is 8.39. The van der Waals surface area contributed by atoms with Gasteiger partial charge >= 0.3 is 0 Å². The number of aromatic nitrogens is 2. The monoisotopic (exact) mass is 407 g/mol. The van der Waals surface area contributed by atoms with E-state index in [1.54, 1.807) is 12.1 Å². The van der Waals surface area contributed by atoms with Gasteiger partial charge in [-0.3, -0.25) is 4.98 Å². The van der Waals surface area contributed by atoms with E-state index < -0.39 is 0 Å². The molecule has 0 unspecified atom stereocenters. The molecule has 0 aliphatic carbocycles. The number of phenolic OH excluding ortho intramolecular Hbond substituents is 1. The Labute approximate surface area is 160 Å². The van der Waals surface area contributed by atoms with E-state index in [2.05, 4.69) is 51.4 Å². The molecule has 0 spiro atoms. The summed E-state index contributed by atoms with van der Waals surface area (Å²) >= 11 is 3.61. The van der Waals surface area contributed by atoms with Crippen molar-refractivity contribution in [3.63, 3.8) is 0 Å². The average molecular weight is 408 g/mol. The van der Waals surface area contributed by atoms with Gasteiger partial charge in [-0.15, -0.1) is 0 Å². The molecule has 0 saturated heterocycles. The SMILES string of the molecule is Cc1cc(Br)c2nc(CNc3cc(C)nc4cc(O)ccc34)ccc2c1. The maximum atomic E-state index is 9.69. The third-order valence-electron chi connectivity index (χ3n) is 4.33. The quantitative estimate of drug-likeness (QED) is 0.471. The molecule has 0 saturated carbocycles. The Hall–Kier alpha value is -2.66. The van der Waals surface area contributed by atoms with Crippen molar-refractivity contribution < 1.29 is 5.11 Å². The van der Waals surface area contributed by atoms with Gasteiger partial charge in [0.15, 0.2) is 0 Å². The fourth-order valence-corrected chi connectivity index (χ4v) is 3.83. The van der Waals surface area contributed by atoms with E-state index in [1.807, 2.05) is 25.1 Å². The van der Waals surface area contributed by atoms with E-state index in [0.717, 1.165) is 43.4 Å². The lowest BCUT2D eigenvalue weighted by atomic mass is 10.1. The van der Waals surface area contributed by atoms with Gasteiger partial charge in [-0.1, -0.05) is 6.07 Å². The third-order valence-corrected chi connectivity index (χ3v) is 4.93. The lowest BCUT2D eigenvalue weighted by molar-refractivity contribution is 0.476. The highest BCUT2D eigenvalue weighted by Crippen LogP contribution is 2.27. The van der Waals surface area contributed by atoms with E-state index in [4.69, 9.17) is 4.98 Å². The van der Waals surface area contributed by atoms with Gasteiger partial charge in [-0.05, 0) is 71.7 Å². The molecule has 0 bridgehead atoms. The number of aryl methyl sites for hydroxylation is 2. The van der Waals surface area contributed by atoms with Crippen LogP contribution in [0, 0.1) is 13.8 Å². The molecule has 4 nitrogen and oxygen atoms in total. The minimum atomic E-state index is 0.220. The first kappa shape index (κ1) is 16.8. The predicted molar refractivity (Wildman–Crippen MR) is 110 cm³/mol. The number of nitrogens with one attached hydrogen (secondary N) is 1. The van der Waals surface area contributed by atoms with Crippen molar-refractivity contribution in [3.8, 4) is 5.75 Å². The Balaban J connectivity index is 1.67. The molecule has 2 heterocycles. The molecule has 2 N–H and O–H groups in total. The zero-order valence-corrected chi connectivity index (χ0v) is 16.1. The number of hydrogen-bond acceptors (Lipinski definition) is 4. The molecular formula is C21H18BrN3O. The van der Waals surface area contributed by atoms with E-state index >= 15 is 0 Å². The van der Waals surface area contributed by atoms with Crippen LogP contribution in [0.15, 0.2) is 53.0 Å². The Bertz CT molecular complexity index is 1140. The molecule has 4 aromatic rings. The first-order chi connectivity index (χ1) is 12.5. The first-order valence-corrected chi connectivity index (χ1v) is 9.19. The van der Waals surface area contributed by atoms with Crippen LogP contribution in [0.3, 0.4) is 0 Å². The summed E-state index contributed by atoms with van der Waals surface area (Å²) in [4.78, 5) is 9.27. The van der Waals surface area contributed by atoms with Crippen LogP contribution < -0.4 is 5.32 Å². The summed E-state index contributed by atoms with van der Waals surface area (Å²) in [6.07, 6.45) is 0. The summed E-state index contributed by atoms with van der Waals surface area (Å²) in [6, 6.07) is 15.6. The Morgan fingerprint density at radius 2 is 1.85 bits per heavy atom. The molecule has 26 heavy (non-hydrogen) atoms. The number of benzene rings is 2. The second-order valence-electron chi connectivity index (χ2n) is 6.49. The van der Waals surface area contributed by atoms with E-state index in [0.29, 0.717) is 6.54 Å². The fourth-order valence-electron chi connectivity index (χ4n) is 3.15. The van der Waals surface area contributed by atoms with Gasteiger partial charge in [0.25, 0.3) is 0 Å². The number of aromatic hydroxyl groups is 1. The van der Waals surface area contributed by atoms with Crippen molar-refractivity contribution in [2.75, 3.05) is 5.32 Å². The van der Waals surface area contributed by atoms with Crippen molar-refractivity contribution in [1.29, 1.82) is 0 Å². The zero-order chi connectivity index (χ0) is 18.3. The van der Waals surface area contributed by atoms with Crippen LogP contribution in [0.25, 0.3) is 21.8 Å². The largest absolute Gasteiger partial charge is 0.508 e. The third kappa shape index (κ3) is 3.22. The minimum absolute atomic E-state index is 0.220. The summed E-state index contributed by atoms with van der Waals surface area (Å²) in [6.45, 7) is 4.63. The van der Waals surface area contributed by atoms with Gasteiger partial charge in [-0.25, -0.2) is 4.98 Å². The van der Waals surface area contributed by atoms with Crippen LogP contribution >= 0.6 is 15.9 Å². The number of halogens is 1. The van der Waals surface area contributed by atoms with Crippen molar-refractivity contribution >= 4 is 43.4 Å². The number of fused-ring (bicyclic) bond motifs is 2. The van der Waals surface area contributed by atoms with Crippen LogP contribution in [-0.4, -0.2) is 15.1 Å². The molecular weight excluding hydrogens is 390 g/mol. The molecule has 5 heteroatoms. The van der Waals surface area contributed by atoms with Gasteiger partial charge in [0, 0.05) is 32.7 Å².